The zero-order valence-corrected chi connectivity index (χ0v) is 11.6. The molecule has 104 valence electrons. The third-order valence-electron chi connectivity index (χ3n) is 3.54. The molecule has 0 aliphatic carbocycles. The lowest BCUT2D eigenvalue weighted by atomic mass is 9.88. The van der Waals surface area contributed by atoms with Gasteiger partial charge in [-0.2, -0.15) is 5.26 Å². The average Bonchev–Trinajstić information content (AvgIpc) is 3.14. The van der Waals surface area contributed by atoms with Crippen LogP contribution in [-0.2, 0) is 0 Å². The standard InChI is InChI=1S/C15H10N2O3S/c16-6-9-14(13-2-1-3-21-13)8-4-11-12(19-7-18-11)5-10(8)20-15(9)17/h1-5,14H,7,17H2/t14-/m1/s1. The highest BCUT2D eigenvalue weighted by Gasteiger charge is 2.33. The van der Waals surface area contributed by atoms with Crippen molar-refractivity contribution < 1.29 is 14.2 Å². The molecule has 1 atom stereocenters. The maximum Gasteiger partial charge on any atom is 0.231 e. The molecule has 0 spiro atoms. The van der Waals surface area contributed by atoms with Crippen LogP contribution in [0.1, 0.15) is 16.4 Å². The van der Waals surface area contributed by atoms with E-state index < -0.39 is 0 Å². The van der Waals surface area contributed by atoms with Gasteiger partial charge in [0.25, 0.3) is 0 Å². The van der Waals surface area contributed by atoms with Crippen LogP contribution in [0, 0.1) is 11.3 Å². The number of nitriles is 1. The van der Waals surface area contributed by atoms with Crippen LogP contribution >= 0.6 is 11.3 Å². The number of hydrogen-bond donors (Lipinski definition) is 1. The maximum absolute atomic E-state index is 9.43. The molecular formula is C15H10N2O3S. The first-order valence-electron chi connectivity index (χ1n) is 6.32. The van der Waals surface area contributed by atoms with Crippen molar-refractivity contribution >= 4 is 11.3 Å². The fraction of sp³-hybridized carbons (Fsp3) is 0.133. The molecule has 0 fully saturated rings. The second kappa shape index (κ2) is 4.43. The molecule has 0 unspecified atom stereocenters. The SMILES string of the molecule is N#CC1=C(N)Oc2cc3c(cc2[C@H]1c1cccs1)OCO3. The Morgan fingerprint density at radius 1 is 1.24 bits per heavy atom. The second-order valence-electron chi connectivity index (χ2n) is 4.68. The molecule has 1 aromatic carbocycles. The molecule has 2 aliphatic heterocycles. The number of hydrogen-bond acceptors (Lipinski definition) is 6. The highest BCUT2D eigenvalue weighted by atomic mass is 32.1. The molecule has 5 nitrogen and oxygen atoms in total. The number of rotatable bonds is 1. The summed E-state index contributed by atoms with van der Waals surface area (Å²) in [7, 11) is 0. The fourth-order valence-electron chi connectivity index (χ4n) is 2.59. The molecule has 21 heavy (non-hydrogen) atoms. The minimum Gasteiger partial charge on any atom is -0.454 e. The number of benzene rings is 1. The van der Waals surface area contributed by atoms with Crippen molar-refractivity contribution in [2.24, 2.45) is 5.73 Å². The van der Waals surface area contributed by atoms with Crippen LogP contribution < -0.4 is 19.9 Å². The largest absolute Gasteiger partial charge is 0.454 e. The Hall–Kier alpha value is -2.65. The van der Waals surface area contributed by atoms with Crippen molar-refractivity contribution in [2.75, 3.05) is 6.79 Å². The molecule has 2 aromatic rings. The Balaban J connectivity index is 1.94. The van der Waals surface area contributed by atoms with Gasteiger partial charge in [0, 0.05) is 16.5 Å². The van der Waals surface area contributed by atoms with Crippen molar-refractivity contribution in [3.05, 3.63) is 51.5 Å². The molecule has 0 saturated heterocycles. The Morgan fingerprint density at radius 3 is 2.76 bits per heavy atom. The minimum absolute atomic E-state index is 0.141. The smallest absolute Gasteiger partial charge is 0.231 e. The number of nitrogens with two attached hydrogens (primary N) is 1. The first-order valence-corrected chi connectivity index (χ1v) is 7.20. The summed E-state index contributed by atoms with van der Waals surface area (Å²) >= 11 is 1.58. The monoisotopic (exact) mass is 298 g/mol. The van der Waals surface area contributed by atoms with E-state index in [9.17, 15) is 5.26 Å². The first-order chi connectivity index (χ1) is 10.3. The Kier molecular flexibility index (Phi) is 2.56. The summed E-state index contributed by atoms with van der Waals surface area (Å²) in [5.74, 6) is 1.81. The van der Waals surface area contributed by atoms with Gasteiger partial charge in [-0.05, 0) is 17.5 Å². The minimum atomic E-state index is -0.228. The topological polar surface area (TPSA) is 77.5 Å². The van der Waals surface area contributed by atoms with Gasteiger partial charge in [-0.3, -0.25) is 0 Å². The molecule has 0 amide bonds. The van der Waals surface area contributed by atoms with Gasteiger partial charge in [0.05, 0.1) is 5.92 Å². The van der Waals surface area contributed by atoms with Gasteiger partial charge in [0.2, 0.25) is 12.7 Å². The second-order valence-corrected chi connectivity index (χ2v) is 5.66. The van der Waals surface area contributed by atoms with E-state index in [2.05, 4.69) is 6.07 Å². The van der Waals surface area contributed by atoms with E-state index in [4.69, 9.17) is 19.9 Å². The fourth-order valence-corrected chi connectivity index (χ4v) is 3.45. The lowest BCUT2D eigenvalue weighted by Gasteiger charge is -2.25. The number of allylic oxidation sites excluding steroid dienone is 1. The van der Waals surface area contributed by atoms with Gasteiger partial charge in [-0.25, -0.2) is 0 Å². The van der Waals surface area contributed by atoms with Gasteiger partial charge in [-0.15, -0.1) is 11.3 Å². The number of nitrogens with zero attached hydrogens (tertiary/aromatic N) is 1. The van der Waals surface area contributed by atoms with Crippen LogP contribution in [0.4, 0.5) is 0 Å². The molecule has 3 heterocycles. The van der Waals surface area contributed by atoms with Gasteiger partial charge >= 0.3 is 0 Å². The van der Waals surface area contributed by atoms with Crippen molar-refractivity contribution in [2.45, 2.75) is 5.92 Å². The Bertz CT molecular complexity index is 790. The van der Waals surface area contributed by atoms with Crippen LogP contribution in [0.2, 0.25) is 0 Å². The molecule has 0 bridgehead atoms. The summed E-state index contributed by atoms with van der Waals surface area (Å²) in [6.45, 7) is 0.190. The molecule has 2 N–H and O–H groups in total. The number of thiophene rings is 1. The molecule has 1 aromatic heterocycles. The highest BCUT2D eigenvalue weighted by molar-refractivity contribution is 7.10. The molecule has 2 aliphatic rings. The normalized spacial score (nSPS) is 18.9. The lowest BCUT2D eigenvalue weighted by Crippen LogP contribution is -2.20. The van der Waals surface area contributed by atoms with Crippen molar-refractivity contribution in [3.63, 3.8) is 0 Å². The Morgan fingerprint density at radius 2 is 2.05 bits per heavy atom. The van der Waals surface area contributed by atoms with E-state index in [0.29, 0.717) is 22.8 Å². The van der Waals surface area contributed by atoms with Crippen LogP contribution in [0.3, 0.4) is 0 Å². The van der Waals surface area contributed by atoms with Crippen LogP contribution in [0.25, 0.3) is 0 Å². The zero-order valence-electron chi connectivity index (χ0n) is 10.8. The molecule has 0 radical (unpaired) electrons. The van der Waals surface area contributed by atoms with Gasteiger partial charge in [0.15, 0.2) is 11.5 Å². The van der Waals surface area contributed by atoms with E-state index in [-0.39, 0.29) is 18.6 Å². The lowest BCUT2D eigenvalue weighted by molar-refractivity contribution is 0.174. The van der Waals surface area contributed by atoms with E-state index in [1.807, 2.05) is 23.6 Å². The van der Waals surface area contributed by atoms with Gasteiger partial charge < -0.3 is 19.9 Å². The third kappa shape index (κ3) is 1.75. The average molecular weight is 298 g/mol. The van der Waals surface area contributed by atoms with Crippen LogP contribution in [-0.4, -0.2) is 6.79 Å². The van der Waals surface area contributed by atoms with Gasteiger partial charge in [-0.1, -0.05) is 6.07 Å². The van der Waals surface area contributed by atoms with E-state index >= 15 is 0 Å². The molecule has 0 saturated carbocycles. The predicted molar refractivity (Wildman–Crippen MR) is 76.2 cm³/mol. The summed E-state index contributed by atoms with van der Waals surface area (Å²) < 4.78 is 16.4. The van der Waals surface area contributed by atoms with Crippen molar-refractivity contribution in [1.82, 2.24) is 0 Å². The third-order valence-corrected chi connectivity index (χ3v) is 4.48. The van der Waals surface area contributed by atoms with E-state index in [1.54, 1.807) is 17.4 Å². The summed E-state index contributed by atoms with van der Waals surface area (Å²) in [6.07, 6.45) is 0. The van der Waals surface area contributed by atoms with Gasteiger partial charge in [0.1, 0.15) is 17.4 Å². The van der Waals surface area contributed by atoms with E-state index in [1.165, 1.54) is 0 Å². The predicted octanol–water partition coefficient (Wildman–Crippen LogP) is 2.69. The summed E-state index contributed by atoms with van der Waals surface area (Å²) in [4.78, 5) is 1.04. The molecular weight excluding hydrogens is 288 g/mol. The van der Waals surface area contributed by atoms with E-state index in [0.717, 1.165) is 10.4 Å². The molecule has 4 rings (SSSR count). The highest BCUT2D eigenvalue weighted by Crippen LogP contribution is 2.48. The number of fused-ring (bicyclic) bond motifs is 2. The van der Waals surface area contributed by atoms with Crippen molar-refractivity contribution in [3.8, 4) is 23.3 Å². The van der Waals surface area contributed by atoms with Crippen molar-refractivity contribution in [1.29, 1.82) is 5.26 Å². The number of ether oxygens (including phenoxy) is 3. The molecule has 6 heteroatoms. The quantitative estimate of drug-likeness (QED) is 0.875. The van der Waals surface area contributed by atoms with Crippen LogP contribution in [0.5, 0.6) is 17.2 Å². The summed E-state index contributed by atoms with van der Waals surface area (Å²) in [5.41, 5.74) is 7.20. The Labute approximate surface area is 124 Å². The summed E-state index contributed by atoms with van der Waals surface area (Å²) in [5, 5.41) is 11.4. The zero-order chi connectivity index (χ0) is 14.4. The first kappa shape index (κ1) is 12.1. The maximum atomic E-state index is 9.43. The van der Waals surface area contributed by atoms with Crippen LogP contribution in [0.15, 0.2) is 41.1 Å². The summed E-state index contributed by atoms with van der Waals surface area (Å²) in [6, 6.07) is 9.73.